The quantitative estimate of drug-likeness (QED) is 0.697. The second-order valence-electron chi connectivity index (χ2n) is 4.07. The summed E-state index contributed by atoms with van der Waals surface area (Å²) in [4.78, 5) is 13.7. The molecule has 94 valence electrons. The molecule has 16 heavy (non-hydrogen) atoms. The molecule has 5 heteroatoms. The van der Waals surface area contributed by atoms with Crippen molar-refractivity contribution in [3.05, 3.63) is 0 Å². The lowest BCUT2D eigenvalue weighted by molar-refractivity contribution is -0.135. The molecule has 1 rings (SSSR count). The second-order valence-corrected chi connectivity index (χ2v) is 4.07. The molecule has 1 aliphatic rings. The molecular formula is C11H22N2O3. The summed E-state index contributed by atoms with van der Waals surface area (Å²) in [6.45, 7) is 4.33. The lowest BCUT2D eigenvalue weighted by Gasteiger charge is -2.26. The fraction of sp³-hybridized carbons (Fsp3) is 0.909. The number of hydrogen-bond donors (Lipinski definition) is 1. The van der Waals surface area contributed by atoms with Gasteiger partial charge in [0.05, 0.1) is 12.7 Å². The van der Waals surface area contributed by atoms with Gasteiger partial charge in [0.2, 0.25) is 5.91 Å². The normalized spacial score (nSPS) is 22.1. The molecular weight excluding hydrogens is 208 g/mol. The standard InChI is InChI=1S/C11H22N2O3/c1-3-13(7-9-5-4-6-16-9)11(14)10(12)8-15-2/h9-10H,3-8,12H2,1-2H3. The molecule has 0 aromatic carbocycles. The van der Waals surface area contributed by atoms with Crippen LogP contribution in [0.3, 0.4) is 0 Å². The fourth-order valence-corrected chi connectivity index (χ4v) is 1.89. The van der Waals surface area contributed by atoms with Crippen molar-refractivity contribution in [2.45, 2.75) is 31.9 Å². The number of carbonyl (C=O) groups excluding carboxylic acids is 1. The van der Waals surface area contributed by atoms with Gasteiger partial charge >= 0.3 is 0 Å². The van der Waals surface area contributed by atoms with Crippen LogP contribution in [0.5, 0.6) is 0 Å². The Balaban J connectivity index is 2.42. The Morgan fingerprint density at radius 1 is 1.69 bits per heavy atom. The Bertz CT molecular complexity index is 217. The molecule has 1 saturated heterocycles. The molecule has 2 atom stereocenters. The maximum atomic E-state index is 11.9. The van der Waals surface area contributed by atoms with Gasteiger partial charge in [-0.05, 0) is 19.8 Å². The zero-order valence-electron chi connectivity index (χ0n) is 10.1. The number of amides is 1. The van der Waals surface area contributed by atoms with Gasteiger partial charge in [-0.3, -0.25) is 4.79 Å². The van der Waals surface area contributed by atoms with Gasteiger partial charge in [-0.25, -0.2) is 0 Å². The Labute approximate surface area is 96.9 Å². The third-order valence-corrected chi connectivity index (χ3v) is 2.80. The molecule has 0 radical (unpaired) electrons. The minimum Gasteiger partial charge on any atom is -0.383 e. The molecule has 1 aliphatic heterocycles. The van der Waals surface area contributed by atoms with Crippen molar-refractivity contribution in [2.24, 2.45) is 5.73 Å². The number of methoxy groups -OCH3 is 1. The van der Waals surface area contributed by atoms with Gasteiger partial charge in [-0.2, -0.15) is 0 Å². The summed E-state index contributed by atoms with van der Waals surface area (Å²) in [5, 5.41) is 0. The lowest BCUT2D eigenvalue weighted by Crippen LogP contribution is -2.48. The molecule has 2 unspecified atom stereocenters. The van der Waals surface area contributed by atoms with E-state index in [0.717, 1.165) is 19.4 Å². The highest BCUT2D eigenvalue weighted by molar-refractivity contribution is 5.81. The fourth-order valence-electron chi connectivity index (χ4n) is 1.89. The molecule has 0 spiro atoms. The molecule has 0 saturated carbocycles. The van der Waals surface area contributed by atoms with E-state index in [2.05, 4.69) is 0 Å². The Kier molecular flexibility index (Phi) is 5.73. The molecule has 0 bridgehead atoms. The zero-order chi connectivity index (χ0) is 12.0. The maximum absolute atomic E-state index is 11.9. The monoisotopic (exact) mass is 230 g/mol. The van der Waals surface area contributed by atoms with E-state index in [1.165, 1.54) is 0 Å². The molecule has 1 heterocycles. The first-order valence-corrected chi connectivity index (χ1v) is 5.84. The molecule has 5 nitrogen and oxygen atoms in total. The van der Waals surface area contributed by atoms with Gasteiger partial charge in [0.1, 0.15) is 6.04 Å². The third-order valence-electron chi connectivity index (χ3n) is 2.80. The van der Waals surface area contributed by atoms with Gasteiger partial charge in [0.25, 0.3) is 0 Å². The summed E-state index contributed by atoms with van der Waals surface area (Å²) in [7, 11) is 1.55. The van der Waals surface area contributed by atoms with Crippen LogP contribution in [0.15, 0.2) is 0 Å². The summed E-state index contributed by atoms with van der Waals surface area (Å²) in [5.41, 5.74) is 5.72. The molecule has 0 aromatic rings. The number of nitrogens with two attached hydrogens (primary N) is 1. The van der Waals surface area contributed by atoms with Gasteiger partial charge in [-0.1, -0.05) is 0 Å². The smallest absolute Gasteiger partial charge is 0.241 e. The number of carbonyl (C=O) groups is 1. The average molecular weight is 230 g/mol. The predicted molar refractivity (Wildman–Crippen MR) is 61.1 cm³/mol. The zero-order valence-corrected chi connectivity index (χ0v) is 10.1. The minimum absolute atomic E-state index is 0.0557. The van der Waals surface area contributed by atoms with Crippen LogP contribution in [0.4, 0.5) is 0 Å². The van der Waals surface area contributed by atoms with Crippen LogP contribution < -0.4 is 5.73 Å². The van der Waals surface area contributed by atoms with E-state index in [4.69, 9.17) is 15.2 Å². The van der Waals surface area contributed by atoms with Crippen molar-refractivity contribution in [3.63, 3.8) is 0 Å². The first-order chi connectivity index (χ1) is 7.69. The highest BCUT2D eigenvalue weighted by Gasteiger charge is 2.24. The Morgan fingerprint density at radius 3 is 2.94 bits per heavy atom. The third kappa shape index (κ3) is 3.73. The van der Waals surface area contributed by atoms with E-state index in [9.17, 15) is 4.79 Å². The minimum atomic E-state index is -0.564. The number of hydrogen-bond acceptors (Lipinski definition) is 4. The average Bonchev–Trinajstić information content (AvgIpc) is 2.78. The summed E-state index contributed by atoms with van der Waals surface area (Å²) in [6, 6.07) is -0.564. The van der Waals surface area contributed by atoms with Crippen LogP contribution in [-0.4, -0.2) is 56.4 Å². The molecule has 0 aliphatic carbocycles. The largest absolute Gasteiger partial charge is 0.383 e. The van der Waals surface area contributed by atoms with E-state index in [1.54, 1.807) is 12.0 Å². The van der Waals surface area contributed by atoms with Gasteiger partial charge in [0, 0.05) is 26.8 Å². The van der Waals surface area contributed by atoms with E-state index >= 15 is 0 Å². The van der Waals surface area contributed by atoms with Crippen molar-refractivity contribution in [1.82, 2.24) is 4.90 Å². The van der Waals surface area contributed by atoms with Crippen LogP contribution >= 0.6 is 0 Å². The van der Waals surface area contributed by atoms with E-state index in [1.807, 2.05) is 6.92 Å². The van der Waals surface area contributed by atoms with Crippen molar-refractivity contribution < 1.29 is 14.3 Å². The van der Waals surface area contributed by atoms with Gasteiger partial charge in [0.15, 0.2) is 0 Å². The van der Waals surface area contributed by atoms with E-state index in [0.29, 0.717) is 13.1 Å². The highest BCUT2D eigenvalue weighted by Crippen LogP contribution is 2.13. The van der Waals surface area contributed by atoms with E-state index < -0.39 is 6.04 Å². The predicted octanol–water partition coefficient (Wildman–Crippen LogP) is -0.0124. The number of nitrogens with zero attached hydrogens (tertiary/aromatic N) is 1. The number of likely N-dealkylation sites (N-methyl/N-ethyl adjacent to an activating group) is 1. The molecule has 1 fully saturated rings. The maximum Gasteiger partial charge on any atom is 0.241 e. The highest BCUT2D eigenvalue weighted by atomic mass is 16.5. The Morgan fingerprint density at radius 2 is 2.44 bits per heavy atom. The summed E-state index contributed by atoms with van der Waals surface area (Å²) in [6.07, 6.45) is 2.29. The first-order valence-electron chi connectivity index (χ1n) is 5.84. The van der Waals surface area contributed by atoms with Gasteiger partial charge in [-0.15, -0.1) is 0 Å². The van der Waals surface area contributed by atoms with Gasteiger partial charge < -0.3 is 20.1 Å². The Hall–Kier alpha value is -0.650. The topological polar surface area (TPSA) is 64.8 Å². The molecule has 1 amide bonds. The van der Waals surface area contributed by atoms with Crippen molar-refractivity contribution >= 4 is 5.91 Å². The van der Waals surface area contributed by atoms with E-state index in [-0.39, 0.29) is 18.6 Å². The van der Waals surface area contributed by atoms with Crippen LogP contribution in [0, 0.1) is 0 Å². The van der Waals surface area contributed by atoms with Crippen molar-refractivity contribution in [2.75, 3.05) is 33.4 Å². The van der Waals surface area contributed by atoms with Crippen LogP contribution in [0.1, 0.15) is 19.8 Å². The molecule has 2 N–H and O–H groups in total. The second kappa shape index (κ2) is 6.83. The number of rotatable bonds is 6. The van der Waals surface area contributed by atoms with Crippen molar-refractivity contribution in [3.8, 4) is 0 Å². The summed E-state index contributed by atoms with van der Waals surface area (Å²) in [5.74, 6) is -0.0557. The first kappa shape index (κ1) is 13.4. The summed E-state index contributed by atoms with van der Waals surface area (Å²) >= 11 is 0. The molecule has 0 aromatic heterocycles. The summed E-state index contributed by atoms with van der Waals surface area (Å²) < 4.78 is 10.4. The van der Waals surface area contributed by atoms with Crippen LogP contribution in [-0.2, 0) is 14.3 Å². The number of ether oxygens (including phenoxy) is 2. The SMILES string of the molecule is CCN(CC1CCCO1)C(=O)C(N)COC. The van der Waals surface area contributed by atoms with Crippen LogP contribution in [0.2, 0.25) is 0 Å². The van der Waals surface area contributed by atoms with Crippen molar-refractivity contribution in [1.29, 1.82) is 0 Å². The lowest BCUT2D eigenvalue weighted by atomic mass is 10.2. The van der Waals surface area contributed by atoms with Crippen LogP contribution in [0.25, 0.3) is 0 Å².